The van der Waals surface area contributed by atoms with Crippen molar-refractivity contribution in [3.8, 4) is 0 Å². The van der Waals surface area contributed by atoms with Crippen molar-refractivity contribution in [2.75, 3.05) is 20.8 Å². The maximum atomic E-state index is 14.6. The van der Waals surface area contributed by atoms with Crippen molar-refractivity contribution in [2.45, 2.75) is 63.9 Å². The number of hydrogen-bond donors (Lipinski definition) is 1. The third-order valence-corrected chi connectivity index (χ3v) is 7.58. The highest BCUT2D eigenvalue weighted by atomic mass is 19.1. The van der Waals surface area contributed by atoms with Crippen LogP contribution in [0.15, 0.2) is 48.5 Å². The number of hydrogen-bond acceptors (Lipinski definition) is 5. The van der Waals surface area contributed by atoms with Gasteiger partial charge in [0.25, 0.3) is 5.91 Å². The summed E-state index contributed by atoms with van der Waals surface area (Å²) in [4.78, 5) is 42.6. The quantitative estimate of drug-likeness (QED) is 0.472. The molecule has 4 rings (SSSR count). The summed E-state index contributed by atoms with van der Waals surface area (Å²) in [5, 5.41) is 2.88. The van der Waals surface area contributed by atoms with Crippen molar-refractivity contribution >= 4 is 17.8 Å². The average molecular weight is 526 g/mol. The fourth-order valence-corrected chi connectivity index (χ4v) is 5.38. The van der Waals surface area contributed by atoms with Gasteiger partial charge in [0, 0.05) is 37.9 Å². The molecule has 2 fully saturated rings. The van der Waals surface area contributed by atoms with Crippen LogP contribution in [0.4, 0.5) is 9.18 Å². The number of amides is 4. The Bertz CT molecular complexity index is 1140. The Morgan fingerprint density at radius 1 is 1.00 bits per heavy atom. The van der Waals surface area contributed by atoms with Crippen molar-refractivity contribution in [2.24, 2.45) is 5.92 Å². The van der Waals surface area contributed by atoms with Crippen LogP contribution in [0.1, 0.15) is 54.1 Å². The Balaban J connectivity index is 1.58. The summed E-state index contributed by atoms with van der Waals surface area (Å²) in [6.45, 7) is 2.77. The van der Waals surface area contributed by atoms with Crippen molar-refractivity contribution in [1.82, 2.24) is 15.1 Å². The molecule has 1 aliphatic carbocycles. The van der Waals surface area contributed by atoms with E-state index in [1.807, 2.05) is 0 Å². The lowest BCUT2D eigenvalue weighted by Gasteiger charge is -2.50. The Morgan fingerprint density at radius 2 is 1.68 bits per heavy atom. The van der Waals surface area contributed by atoms with Gasteiger partial charge in [0.15, 0.2) is 0 Å². The molecule has 0 bridgehead atoms. The number of carbonyl (C=O) groups is 3. The van der Waals surface area contributed by atoms with E-state index in [1.165, 1.54) is 11.0 Å². The van der Waals surface area contributed by atoms with E-state index in [0.29, 0.717) is 30.5 Å². The van der Waals surface area contributed by atoms with Crippen molar-refractivity contribution in [3.63, 3.8) is 0 Å². The highest BCUT2D eigenvalue weighted by Crippen LogP contribution is 2.38. The SMILES string of the molecule is CCCCNC(=O)c1ccc(CN2C(=O)C3CC(OC)C(OC)CC3N(Cc3ccccc3F)C2=O)cc1. The maximum Gasteiger partial charge on any atom is 0.327 e. The summed E-state index contributed by atoms with van der Waals surface area (Å²) in [5.41, 5.74) is 1.62. The molecule has 4 atom stereocenters. The van der Waals surface area contributed by atoms with Crippen LogP contribution in [-0.4, -0.2) is 66.7 Å². The lowest BCUT2D eigenvalue weighted by molar-refractivity contribution is -0.152. The third-order valence-electron chi connectivity index (χ3n) is 7.58. The molecule has 1 aliphatic heterocycles. The maximum absolute atomic E-state index is 14.6. The van der Waals surface area contributed by atoms with Crippen LogP contribution in [0.5, 0.6) is 0 Å². The first-order valence-corrected chi connectivity index (χ1v) is 13.2. The first-order valence-electron chi connectivity index (χ1n) is 13.2. The average Bonchev–Trinajstić information content (AvgIpc) is 2.94. The molecule has 0 aromatic heterocycles. The number of nitrogens with zero attached hydrogens (tertiary/aromatic N) is 2. The highest BCUT2D eigenvalue weighted by molar-refractivity contribution is 5.99. The van der Waals surface area contributed by atoms with Gasteiger partial charge in [0.05, 0.1) is 31.2 Å². The highest BCUT2D eigenvalue weighted by Gasteiger charge is 2.51. The predicted molar refractivity (Wildman–Crippen MR) is 140 cm³/mol. The number of unbranched alkanes of at least 4 members (excludes halogenated alkanes) is 1. The van der Waals surface area contributed by atoms with Crippen molar-refractivity contribution in [1.29, 1.82) is 0 Å². The molecule has 1 N–H and O–H groups in total. The molecule has 0 radical (unpaired) electrons. The monoisotopic (exact) mass is 525 g/mol. The molecule has 1 saturated heterocycles. The topological polar surface area (TPSA) is 88.2 Å². The number of methoxy groups -OCH3 is 2. The molecule has 1 saturated carbocycles. The van der Waals surface area contributed by atoms with Gasteiger partial charge < -0.3 is 19.7 Å². The number of rotatable bonds is 10. The van der Waals surface area contributed by atoms with Gasteiger partial charge in [-0.05, 0) is 43.0 Å². The molecule has 204 valence electrons. The predicted octanol–water partition coefficient (Wildman–Crippen LogP) is 4.13. The Kier molecular flexibility index (Phi) is 9.12. The number of urea groups is 1. The first kappa shape index (κ1) is 27.7. The summed E-state index contributed by atoms with van der Waals surface area (Å²) in [6, 6.07) is 12.3. The standard InChI is InChI=1S/C29H36FN3O5/c1-4-5-14-31-27(34)20-12-10-19(11-13-20)17-33-28(35)22-15-25(37-2)26(38-3)16-24(22)32(29(33)36)18-21-8-6-7-9-23(21)30/h6-13,22,24-26H,4-5,14-18H2,1-3H3,(H,31,34). The Hall–Kier alpha value is -3.30. The molecule has 9 heteroatoms. The van der Waals surface area contributed by atoms with Crippen LogP contribution >= 0.6 is 0 Å². The zero-order chi connectivity index (χ0) is 27.2. The molecule has 38 heavy (non-hydrogen) atoms. The van der Waals surface area contributed by atoms with Crippen molar-refractivity contribution in [3.05, 3.63) is 71.0 Å². The molecule has 2 aromatic carbocycles. The van der Waals surface area contributed by atoms with Gasteiger partial charge in [-0.3, -0.25) is 14.5 Å². The summed E-state index contributed by atoms with van der Waals surface area (Å²) in [7, 11) is 3.18. The minimum absolute atomic E-state index is 0.0431. The van der Waals surface area contributed by atoms with Gasteiger partial charge in [0.2, 0.25) is 5.91 Å². The minimum atomic E-state index is -0.501. The Labute approximate surface area is 223 Å². The zero-order valence-electron chi connectivity index (χ0n) is 22.2. The summed E-state index contributed by atoms with van der Waals surface area (Å²) in [5.74, 6) is -1.33. The van der Waals surface area contributed by atoms with Crippen LogP contribution in [0.3, 0.4) is 0 Å². The number of benzene rings is 2. The van der Waals surface area contributed by atoms with E-state index in [0.717, 1.165) is 18.4 Å². The molecule has 1 heterocycles. The number of ether oxygens (including phenoxy) is 2. The second-order valence-corrected chi connectivity index (χ2v) is 9.93. The first-order chi connectivity index (χ1) is 18.4. The lowest BCUT2D eigenvalue weighted by atomic mass is 9.77. The summed E-state index contributed by atoms with van der Waals surface area (Å²) in [6.07, 6.45) is 2.13. The smallest absolute Gasteiger partial charge is 0.327 e. The fourth-order valence-electron chi connectivity index (χ4n) is 5.38. The molecule has 0 spiro atoms. The normalized spacial score (nSPS) is 23.4. The number of fused-ring (bicyclic) bond motifs is 1. The van der Waals surface area contributed by atoms with Gasteiger partial charge in [-0.1, -0.05) is 43.7 Å². The third kappa shape index (κ3) is 5.89. The number of halogens is 1. The van der Waals surface area contributed by atoms with E-state index in [9.17, 15) is 18.8 Å². The number of imide groups is 1. The molecular weight excluding hydrogens is 489 g/mol. The van der Waals surface area contributed by atoms with E-state index in [4.69, 9.17) is 9.47 Å². The summed E-state index contributed by atoms with van der Waals surface area (Å²) < 4.78 is 25.8. The second-order valence-electron chi connectivity index (χ2n) is 9.93. The fraction of sp³-hybridized carbons (Fsp3) is 0.483. The van der Waals surface area contributed by atoms with E-state index < -0.39 is 23.8 Å². The molecule has 2 aromatic rings. The molecule has 8 nitrogen and oxygen atoms in total. The van der Waals surface area contributed by atoms with Gasteiger partial charge in [0.1, 0.15) is 5.82 Å². The van der Waals surface area contributed by atoms with Crippen LogP contribution in [-0.2, 0) is 27.4 Å². The van der Waals surface area contributed by atoms with E-state index >= 15 is 0 Å². The van der Waals surface area contributed by atoms with E-state index in [2.05, 4.69) is 12.2 Å². The van der Waals surface area contributed by atoms with E-state index in [-0.39, 0.29) is 37.1 Å². The minimum Gasteiger partial charge on any atom is -0.379 e. The van der Waals surface area contributed by atoms with Crippen molar-refractivity contribution < 1.29 is 28.2 Å². The van der Waals surface area contributed by atoms with Crippen LogP contribution in [0.2, 0.25) is 0 Å². The van der Waals surface area contributed by atoms with Crippen LogP contribution < -0.4 is 5.32 Å². The molecule has 4 amide bonds. The van der Waals surface area contributed by atoms with Gasteiger partial charge >= 0.3 is 6.03 Å². The second kappa shape index (κ2) is 12.5. The summed E-state index contributed by atoms with van der Waals surface area (Å²) >= 11 is 0. The van der Waals surface area contributed by atoms with E-state index in [1.54, 1.807) is 61.6 Å². The largest absolute Gasteiger partial charge is 0.379 e. The molecular formula is C29H36FN3O5. The van der Waals surface area contributed by atoms with Gasteiger partial charge in [-0.15, -0.1) is 0 Å². The molecule has 2 aliphatic rings. The lowest BCUT2D eigenvalue weighted by Crippen LogP contribution is -2.64. The van der Waals surface area contributed by atoms with Crippen LogP contribution in [0.25, 0.3) is 0 Å². The van der Waals surface area contributed by atoms with Crippen LogP contribution in [0, 0.1) is 11.7 Å². The number of carbonyl (C=O) groups excluding carboxylic acids is 3. The zero-order valence-corrected chi connectivity index (χ0v) is 22.2. The Morgan fingerprint density at radius 3 is 2.34 bits per heavy atom. The molecule has 4 unspecified atom stereocenters. The van der Waals surface area contributed by atoms with Gasteiger partial charge in [-0.25, -0.2) is 9.18 Å². The van der Waals surface area contributed by atoms with Gasteiger partial charge in [-0.2, -0.15) is 0 Å². The number of nitrogens with one attached hydrogen (secondary N) is 1.